The van der Waals surface area contributed by atoms with E-state index in [1.165, 1.54) is 0 Å². The summed E-state index contributed by atoms with van der Waals surface area (Å²) in [7, 11) is 1.77. The number of hydrogen-bond acceptors (Lipinski definition) is 5. The summed E-state index contributed by atoms with van der Waals surface area (Å²) in [4.78, 5) is 21.0. The molecule has 24 heavy (non-hydrogen) atoms. The molecule has 7 nitrogen and oxygen atoms in total. The van der Waals surface area contributed by atoms with Crippen LogP contribution in [0, 0.1) is 0 Å². The second-order valence-electron chi connectivity index (χ2n) is 5.48. The number of nitrogens with one attached hydrogen (secondary N) is 1. The summed E-state index contributed by atoms with van der Waals surface area (Å²) in [6.07, 6.45) is 4.93. The van der Waals surface area contributed by atoms with Gasteiger partial charge in [0.05, 0.1) is 0 Å². The lowest BCUT2D eigenvalue weighted by Crippen LogP contribution is -2.31. The van der Waals surface area contributed by atoms with Gasteiger partial charge in [-0.1, -0.05) is 42.4 Å². The number of hydrogen-bond donors (Lipinski definition) is 1. The van der Waals surface area contributed by atoms with E-state index in [4.69, 9.17) is 4.52 Å². The Hall–Kier alpha value is -2.96. The highest BCUT2D eigenvalue weighted by Crippen LogP contribution is 2.20. The normalized spacial score (nSPS) is 12.1. The molecule has 0 fully saturated rings. The Morgan fingerprint density at radius 3 is 2.79 bits per heavy atom. The van der Waals surface area contributed by atoms with Crippen LogP contribution in [-0.2, 0) is 13.5 Å². The summed E-state index contributed by atoms with van der Waals surface area (Å²) in [5.41, 5.74) is 0.879. The Balaban J connectivity index is 1.90. The van der Waals surface area contributed by atoms with Crippen LogP contribution in [0.1, 0.15) is 47.3 Å². The van der Waals surface area contributed by atoms with Crippen molar-refractivity contribution < 1.29 is 9.32 Å². The number of aryl methyl sites for hydroxylation is 2. The summed E-state index contributed by atoms with van der Waals surface area (Å²) >= 11 is 0. The highest BCUT2D eigenvalue weighted by molar-refractivity contribution is 5.91. The fourth-order valence-corrected chi connectivity index (χ4v) is 2.42. The first-order valence-corrected chi connectivity index (χ1v) is 7.84. The highest BCUT2D eigenvalue weighted by Gasteiger charge is 2.24. The van der Waals surface area contributed by atoms with E-state index < -0.39 is 6.04 Å². The maximum absolute atomic E-state index is 12.5. The van der Waals surface area contributed by atoms with Crippen LogP contribution in [0.5, 0.6) is 0 Å². The molecule has 0 aliphatic rings. The molecule has 0 spiro atoms. The Labute approximate surface area is 139 Å². The van der Waals surface area contributed by atoms with E-state index in [-0.39, 0.29) is 5.91 Å². The van der Waals surface area contributed by atoms with Gasteiger partial charge in [0.2, 0.25) is 5.89 Å². The molecule has 3 aromatic rings. The molecular formula is C17H19N5O2. The van der Waals surface area contributed by atoms with E-state index in [1.54, 1.807) is 24.0 Å². The summed E-state index contributed by atoms with van der Waals surface area (Å²) < 4.78 is 6.93. The molecule has 0 saturated carbocycles. The van der Waals surface area contributed by atoms with Crippen molar-refractivity contribution in [2.45, 2.75) is 25.8 Å². The van der Waals surface area contributed by atoms with E-state index in [1.807, 2.05) is 37.3 Å². The molecule has 0 unspecified atom stereocenters. The van der Waals surface area contributed by atoms with Gasteiger partial charge in [-0.2, -0.15) is 4.98 Å². The quantitative estimate of drug-likeness (QED) is 0.751. The molecule has 1 N–H and O–H groups in total. The number of amides is 1. The van der Waals surface area contributed by atoms with Gasteiger partial charge in [-0.3, -0.25) is 4.79 Å². The minimum atomic E-state index is -0.496. The molecule has 0 radical (unpaired) electrons. The van der Waals surface area contributed by atoms with Crippen molar-refractivity contribution in [1.29, 1.82) is 0 Å². The Bertz CT molecular complexity index is 809. The molecule has 1 atom stereocenters. The Morgan fingerprint density at radius 1 is 1.33 bits per heavy atom. The van der Waals surface area contributed by atoms with Crippen molar-refractivity contribution in [3.05, 3.63) is 65.8 Å². The van der Waals surface area contributed by atoms with Gasteiger partial charge in [-0.15, -0.1) is 0 Å². The van der Waals surface area contributed by atoms with Gasteiger partial charge in [0, 0.05) is 25.9 Å². The lowest BCUT2D eigenvalue weighted by atomic mass is 10.1. The monoisotopic (exact) mass is 325 g/mol. The van der Waals surface area contributed by atoms with Crippen molar-refractivity contribution >= 4 is 5.91 Å². The molecular weight excluding hydrogens is 306 g/mol. The molecule has 2 aromatic heterocycles. The van der Waals surface area contributed by atoms with Gasteiger partial charge in [-0.25, -0.2) is 4.98 Å². The SMILES string of the molecule is CCCc1nc([C@@H](NC(=O)c2nccn2C)c2ccccc2)no1. The summed E-state index contributed by atoms with van der Waals surface area (Å²) in [6, 6.07) is 9.06. The zero-order valence-corrected chi connectivity index (χ0v) is 13.6. The van der Waals surface area contributed by atoms with Crippen molar-refractivity contribution in [1.82, 2.24) is 25.0 Å². The zero-order valence-electron chi connectivity index (χ0n) is 13.6. The lowest BCUT2D eigenvalue weighted by Gasteiger charge is -2.15. The maximum Gasteiger partial charge on any atom is 0.288 e. The maximum atomic E-state index is 12.5. The third-order valence-corrected chi connectivity index (χ3v) is 3.64. The number of nitrogens with zero attached hydrogens (tertiary/aromatic N) is 4. The number of benzene rings is 1. The van der Waals surface area contributed by atoms with E-state index >= 15 is 0 Å². The van der Waals surface area contributed by atoms with Crippen molar-refractivity contribution in [3.8, 4) is 0 Å². The Kier molecular flexibility index (Phi) is 4.69. The van der Waals surface area contributed by atoms with Crippen molar-refractivity contribution in [3.63, 3.8) is 0 Å². The van der Waals surface area contributed by atoms with Gasteiger partial charge in [0.1, 0.15) is 6.04 Å². The van der Waals surface area contributed by atoms with Crippen LogP contribution in [0.15, 0.2) is 47.2 Å². The minimum absolute atomic E-state index is 0.293. The zero-order chi connectivity index (χ0) is 16.9. The predicted molar refractivity (Wildman–Crippen MR) is 87.3 cm³/mol. The average molecular weight is 325 g/mol. The topological polar surface area (TPSA) is 85.8 Å². The third kappa shape index (κ3) is 3.34. The summed E-state index contributed by atoms with van der Waals surface area (Å²) in [5, 5.41) is 6.98. The first-order chi connectivity index (χ1) is 11.7. The van der Waals surface area contributed by atoms with Gasteiger partial charge in [0.25, 0.3) is 5.91 Å². The van der Waals surface area contributed by atoms with E-state index in [2.05, 4.69) is 20.4 Å². The van der Waals surface area contributed by atoms with Crippen LogP contribution in [-0.4, -0.2) is 25.6 Å². The minimum Gasteiger partial charge on any atom is -0.339 e. The first-order valence-electron chi connectivity index (χ1n) is 7.84. The first kappa shape index (κ1) is 15.9. The molecule has 0 bridgehead atoms. The van der Waals surface area contributed by atoms with Gasteiger partial charge < -0.3 is 14.4 Å². The fourth-order valence-electron chi connectivity index (χ4n) is 2.42. The second kappa shape index (κ2) is 7.08. The second-order valence-corrected chi connectivity index (χ2v) is 5.48. The fraction of sp³-hybridized carbons (Fsp3) is 0.294. The highest BCUT2D eigenvalue weighted by atomic mass is 16.5. The average Bonchev–Trinajstić information content (AvgIpc) is 3.23. The van der Waals surface area contributed by atoms with E-state index in [0.717, 1.165) is 12.0 Å². The number of carbonyl (C=O) groups is 1. The molecule has 0 aliphatic heterocycles. The number of carbonyl (C=O) groups excluding carboxylic acids is 1. The molecule has 1 aromatic carbocycles. The molecule has 3 rings (SSSR count). The number of aromatic nitrogens is 4. The summed E-state index contributed by atoms with van der Waals surface area (Å²) in [5.74, 6) is 1.04. The molecule has 124 valence electrons. The molecule has 2 heterocycles. The van der Waals surface area contributed by atoms with Gasteiger partial charge in [-0.05, 0) is 12.0 Å². The van der Waals surface area contributed by atoms with Gasteiger partial charge in [0.15, 0.2) is 11.6 Å². The van der Waals surface area contributed by atoms with Crippen LogP contribution in [0.3, 0.4) is 0 Å². The number of imidazole rings is 1. The van der Waals surface area contributed by atoms with Crippen LogP contribution in [0.2, 0.25) is 0 Å². The predicted octanol–water partition coefficient (Wildman–Crippen LogP) is 2.28. The standard InChI is InChI=1S/C17H19N5O2/c1-3-7-13-19-15(21-24-13)14(12-8-5-4-6-9-12)20-17(23)16-18-10-11-22(16)2/h4-6,8-11,14H,3,7H2,1-2H3,(H,20,23)/t14-/m0/s1. The summed E-state index contributed by atoms with van der Waals surface area (Å²) in [6.45, 7) is 2.04. The third-order valence-electron chi connectivity index (χ3n) is 3.64. The van der Waals surface area contributed by atoms with Crippen molar-refractivity contribution in [2.24, 2.45) is 7.05 Å². The van der Waals surface area contributed by atoms with Crippen LogP contribution >= 0.6 is 0 Å². The largest absolute Gasteiger partial charge is 0.339 e. The van der Waals surface area contributed by atoms with Crippen LogP contribution < -0.4 is 5.32 Å². The van der Waals surface area contributed by atoms with Crippen molar-refractivity contribution in [2.75, 3.05) is 0 Å². The van der Waals surface area contributed by atoms with Crippen LogP contribution in [0.25, 0.3) is 0 Å². The smallest absolute Gasteiger partial charge is 0.288 e. The lowest BCUT2D eigenvalue weighted by molar-refractivity contribution is 0.0927. The van der Waals surface area contributed by atoms with E-state index in [9.17, 15) is 4.79 Å². The Morgan fingerprint density at radius 2 is 2.12 bits per heavy atom. The molecule has 0 aliphatic carbocycles. The number of rotatable bonds is 6. The van der Waals surface area contributed by atoms with E-state index in [0.29, 0.717) is 24.0 Å². The molecule has 1 amide bonds. The molecule has 7 heteroatoms. The molecule has 0 saturated heterocycles. The van der Waals surface area contributed by atoms with Gasteiger partial charge >= 0.3 is 0 Å². The van der Waals surface area contributed by atoms with Crippen LogP contribution in [0.4, 0.5) is 0 Å².